The highest BCUT2D eigenvalue weighted by Crippen LogP contribution is 2.66. The number of nitrogens with zero attached hydrogens (tertiary/aromatic N) is 3. The molecule has 6 heteroatoms. The van der Waals surface area contributed by atoms with Gasteiger partial charge in [-0.25, -0.2) is 0 Å². The van der Waals surface area contributed by atoms with Gasteiger partial charge in [0, 0.05) is 5.56 Å². The maximum atomic E-state index is 10.1. The van der Waals surface area contributed by atoms with E-state index in [4.69, 9.17) is 14.9 Å². The second kappa shape index (κ2) is 5.84. The summed E-state index contributed by atoms with van der Waals surface area (Å²) >= 11 is 0. The van der Waals surface area contributed by atoms with Crippen molar-refractivity contribution in [3.63, 3.8) is 0 Å². The van der Waals surface area contributed by atoms with Crippen molar-refractivity contribution in [2.24, 2.45) is 22.7 Å². The predicted molar refractivity (Wildman–Crippen MR) is 92.1 cm³/mol. The molecule has 1 N–H and O–H groups in total. The Morgan fingerprint density at radius 2 is 1.73 bits per heavy atom. The van der Waals surface area contributed by atoms with E-state index in [9.17, 15) is 15.8 Å². The van der Waals surface area contributed by atoms with Gasteiger partial charge in [0.2, 0.25) is 11.7 Å². The fraction of sp³-hybridized carbons (Fsp3) is 0.500. The summed E-state index contributed by atoms with van der Waals surface area (Å²) in [5, 5.41) is 38.5. The highest BCUT2D eigenvalue weighted by Gasteiger charge is 2.79. The van der Waals surface area contributed by atoms with Crippen LogP contribution in [-0.2, 0) is 15.3 Å². The summed E-state index contributed by atoms with van der Waals surface area (Å²) in [6.45, 7) is 5.64. The number of nitrogens with one attached hydrogen (secondary N) is 1. The SMILES string of the molecule is CC(C)CC1OC2(c3ccccc3)OC(=N)C(C#N)(C2C)C1(C#N)C#N. The molecule has 4 unspecified atom stereocenters. The molecule has 2 fully saturated rings. The van der Waals surface area contributed by atoms with E-state index in [1.165, 1.54) is 0 Å². The number of rotatable bonds is 3. The monoisotopic (exact) mass is 348 g/mol. The molecule has 2 aliphatic rings. The minimum atomic E-state index is -1.81. The third-order valence-corrected chi connectivity index (χ3v) is 5.64. The van der Waals surface area contributed by atoms with E-state index >= 15 is 0 Å². The van der Waals surface area contributed by atoms with E-state index in [-0.39, 0.29) is 11.8 Å². The van der Waals surface area contributed by atoms with Crippen molar-refractivity contribution >= 4 is 5.90 Å². The molecule has 26 heavy (non-hydrogen) atoms. The number of benzene rings is 1. The van der Waals surface area contributed by atoms with Crippen LogP contribution in [0, 0.1) is 62.1 Å². The van der Waals surface area contributed by atoms with Crippen LogP contribution in [0.2, 0.25) is 0 Å². The van der Waals surface area contributed by atoms with Crippen LogP contribution in [-0.4, -0.2) is 12.0 Å². The van der Waals surface area contributed by atoms with E-state index in [1.54, 1.807) is 6.92 Å². The summed E-state index contributed by atoms with van der Waals surface area (Å²) in [4.78, 5) is 0. The van der Waals surface area contributed by atoms with E-state index in [0.29, 0.717) is 12.0 Å². The van der Waals surface area contributed by atoms with Gasteiger partial charge in [0.1, 0.15) is 0 Å². The minimum absolute atomic E-state index is 0.131. The van der Waals surface area contributed by atoms with Gasteiger partial charge < -0.3 is 9.47 Å². The third-order valence-electron chi connectivity index (χ3n) is 5.64. The molecule has 4 atom stereocenters. The Hall–Kier alpha value is -2.88. The molecule has 0 aromatic heterocycles. The fourth-order valence-corrected chi connectivity index (χ4v) is 4.28. The summed E-state index contributed by atoms with van der Waals surface area (Å²) < 4.78 is 12.2. The first-order valence-electron chi connectivity index (χ1n) is 8.59. The quantitative estimate of drug-likeness (QED) is 0.898. The molecule has 132 valence electrons. The number of nitriles is 3. The topological polar surface area (TPSA) is 114 Å². The summed E-state index contributed by atoms with van der Waals surface area (Å²) in [7, 11) is 0. The lowest BCUT2D eigenvalue weighted by atomic mass is 9.53. The molecule has 1 aromatic rings. The van der Waals surface area contributed by atoms with E-state index in [1.807, 2.05) is 56.3 Å². The van der Waals surface area contributed by atoms with E-state index in [2.05, 4.69) is 6.07 Å². The van der Waals surface area contributed by atoms with Crippen LogP contribution in [0.3, 0.4) is 0 Å². The number of hydrogen-bond acceptors (Lipinski definition) is 6. The smallest absolute Gasteiger partial charge is 0.243 e. The molecule has 2 aliphatic heterocycles. The average molecular weight is 348 g/mol. The zero-order valence-electron chi connectivity index (χ0n) is 15.0. The van der Waals surface area contributed by atoms with Gasteiger partial charge in [-0.05, 0) is 12.3 Å². The van der Waals surface area contributed by atoms with Crippen molar-refractivity contribution in [1.29, 1.82) is 21.2 Å². The molecule has 0 aliphatic carbocycles. The van der Waals surface area contributed by atoms with Crippen LogP contribution in [0.4, 0.5) is 0 Å². The van der Waals surface area contributed by atoms with Gasteiger partial charge in [-0.15, -0.1) is 0 Å². The van der Waals surface area contributed by atoms with Crippen LogP contribution < -0.4 is 0 Å². The Kier molecular flexibility index (Phi) is 4.02. The summed E-state index contributed by atoms with van der Waals surface area (Å²) in [6, 6.07) is 15.3. The predicted octanol–water partition coefficient (Wildman–Crippen LogP) is 3.47. The van der Waals surface area contributed by atoms with Crippen LogP contribution in [0.15, 0.2) is 30.3 Å². The number of hydrogen-bond donors (Lipinski definition) is 1. The van der Waals surface area contributed by atoms with Gasteiger partial charge in [0.15, 0.2) is 10.8 Å². The normalized spacial score (nSPS) is 34.4. The van der Waals surface area contributed by atoms with Crippen molar-refractivity contribution < 1.29 is 9.47 Å². The van der Waals surface area contributed by atoms with Gasteiger partial charge in [-0.1, -0.05) is 51.1 Å². The Morgan fingerprint density at radius 3 is 2.23 bits per heavy atom. The lowest BCUT2D eigenvalue weighted by Gasteiger charge is -2.49. The largest absolute Gasteiger partial charge is 0.443 e. The molecular weight excluding hydrogens is 328 g/mol. The standard InChI is InChI=1S/C20H20N4O2/c1-13(2)9-16-18(10-21,11-22)19(12-23)14(3)20(25-16,26-17(19)24)15-7-5-4-6-8-15/h4-8,13-14,16,24H,9H2,1-3H3. The van der Waals surface area contributed by atoms with Gasteiger partial charge in [0.05, 0.1) is 30.2 Å². The zero-order chi connectivity index (χ0) is 19.2. The third kappa shape index (κ3) is 1.90. The van der Waals surface area contributed by atoms with Crippen molar-refractivity contribution in [2.45, 2.75) is 39.1 Å². The summed E-state index contributed by atoms with van der Waals surface area (Å²) in [5.74, 6) is -2.29. The Bertz CT molecular complexity index is 847. The molecule has 2 saturated heterocycles. The fourth-order valence-electron chi connectivity index (χ4n) is 4.28. The molecule has 0 spiro atoms. The van der Waals surface area contributed by atoms with E-state index < -0.39 is 28.6 Å². The molecule has 0 amide bonds. The molecule has 0 saturated carbocycles. The van der Waals surface area contributed by atoms with Crippen LogP contribution in [0.25, 0.3) is 0 Å². The first-order valence-corrected chi connectivity index (χ1v) is 8.59. The molecule has 3 rings (SSSR count). The Labute approximate surface area is 153 Å². The van der Waals surface area contributed by atoms with Crippen molar-refractivity contribution in [1.82, 2.24) is 0 Å². The number of fused-ring (bicyclic) bond motifs is 2. The highest BCUT2D eigenvalue weighted by molar-refractivity contribution is 5.89. The molecule has 2 bridgehead atoms. The maximum Gasteiger partial charge on any atom is 0.243 e. The second-order valence-electron chi connectivity index (χ2n) is 7.37. The highest BCUT2D eigenvalue weighted by atomic mass is 16.7. The first kappa shape index (κ1) is 17.9. The van der Waals surface area contributed by atoms with Gasteiger partial charge in [-0.2, -0.15) is 15.8 Å². The first-order chi connectivity index (χ1) is 12.3. The average Bonchev–Trinajstić information content (AvgIpc) is 2.80. The molecular formula is C20H20N4O2. The van der Waals surface area contributed by atoms with Crippen LogP contribution in [0.5, 0.6) is 0 Å². The van der Waals surface area contributed by atoms with Gasteiger partial charge in [0.25, 0.3) is 0 Å². The van der Waals surface area contributed by atoms with Crippen LogP contribution >= 0.6 is 0 Å². The minimum Gasteiger partial charge on any atom is -0.443 e. The summed E-state index contributed by atoms with van der Waals surface area (Å²) in [6.07, 6.45) is -0.445. The van der Waals surface area contributed by atoms with Crippen molar-refractivity contribution in [3.05, 3.63) is 35.9 Å². The lowest BCUT2D eigenvalue weighted by molar-refractivity contribution is -0.288. The van der Waals surface area contributed by atoms with Crippen LogP contribution in [0.1, 0.15) is 32.8 Å². The Balaban J connectivity index is 2.30. The van der Waals surface area contributed by atoms with Gasteiger partial charge >= 0.3 is 0 Å². The van der Waals surface area contributed by atoms with E-state index in [0.717, 1.165) is 0 Å². The number of ether oxygens (including phenoxy) is 2. The van der Waals surface area contributed by atoms with Gasteiger partial charge in [-0.3, -0.25) is 5.41 Å². The summed E-state index contributed by atoms with van der Waals surface area (Å²) in [5.41, 5.74) is -2.82. The zero-order valence-corrected chi connectivity index (χ0v) is 15.0. The Morgan fingerprint density at radius 1 is 1.12 bits per heavy atom. The molecule has 0 radical (unpaired) electrons. The lowest BCUT2D eigenvalue weighted by Crippen LogP contribution is -2.61. The van der Waals surface area contributed by atoms with Crippen molar-refractivity contribution in [3.8, 4) is 18.2 Å². The molecule has 2 heterocycles. The molecule has 1 aromatic carbocycles. The van der Waals surface area contributed by atoms with Crippen molar-refractivity contribution in [2.75, 3.05) is 0 Å². The maximum absolute atomic E-state index is 10.1. The second-order valence-corrected chi connectivity index (χ2v) is 7.37. The molecule has 6 nitrogen and oxygen atoms in total.